The van der Waals surface area contributed by atoms with Crippen molar-refractivity contribution in [3.63, 3.8) is 0 Å². The van der Waals surface area contributed by atoms with Crippen LogP contribution in [0, 0.1) is 23.2 Å². The van der Waals surface area contributed by atoms with Crippen LogP contribution >= 0.6 is 0 Å². The van der Waals surface area contributed by atoms with E-state index in [2.05, 4.69) is 15.3 Å². The van der Waals surface area contributed by atoms with Crippen molar-refractivity contribution in [3.8, 4) is 33.5 Å². The Balaban J connectivity index is 0.906. The van der Waals surface area contributed by atoms with Gasteiger partial charge in [-0.25, -0.2) is 14.8 Å². The maximum Gasteiger partial charge on any atom is 0.407 e. The summed E-state index contributed by atoms with van der Waals surface area (Å²) in [5, 5.41) is 2.74. The summed E-state index contributed by atoms with van der Waals surface area (Å²) in [7, 11) is 1.28. The van der Waals surface area contributed by atoms with E-state index in [1.807, 2.05) is 67.8 Å². The highest BCUT2D eigenvalue weighted by atomic mass is 19.3. The molecule has 1 spiro atoms. The Labute approximate surface area is 353 Å². The number of benzene rings is 3. The topological polar surface area (TPSA) is 162 Å². The Bertz CT molecular complexity index is 2600. The quantitative estimate of drug-likeness (QED) is 0.116. The third kappa shape index (κ3) is 6.42. The second-order valence-corrected chi connectivity index (χ2v) is 18.9. The summed E-state index contributed by atoms with van der Waals surface area (Å²) in [6.45, 7) is 8.35. The molecule has 4 fully saturated rings. The molecule has 2 saturated heterocycles. The third-order valence-electron chi connectivity index (χ3n) is 14.3. The number of rotatable bonds is 9. The van der Waals surface area contributed by atoms with Gasteiger partial charge in [-0.15, -0.1) is 0 Å². The van der Waals surface area contributed by atoms with Crippen LogP contribution in [0.4, 0.5) is 13.6 Å². The summed E-state index contributed by atoms with van der Waals surface area (Å²) < 4.78 is 38.0. The first-order chi connectivity index (χ1) is 29.2. The molecular weight excluding hydrogens is 779 g/mol. The molecule has 6 unspecified atom stereocenters. The van der Waals surface area contributed by atoms with Crippen molar-refractivity contribution >= 4 is 28.9 Å². The standard InChI is InChI=1S/C47H52F2N8O4/c1-23(2)38(50)43(58)56-22-46(14-15-46)20-37(56)41-51-21-36(54-41)27-8-12-31-30-11-7-25(17-32(30)47(48,49)33(31)18-27)26-9-13-34-35(19-26)53-42(52-34)40-28-6-10-29(16-28)57(40)44(59)39(24(3)4)55-45(60)61-5/h7-9,11-13,17-19,21,23-24,28-29,37-40H,6,10,14-16,20,22,50H2,1-5H3,(H,51,54)(H,52,53)(H,55,60). The summed E-state index contributed by atoms with van der Waals surface area (Å²) in [5.41, 5.74) is 11.4. The van der Waals surface area contributed by atoms with Crippen molar-refractivity contribution in [2.24, 2.45) is 28.9 Å². The molecule has 14 heteroatoms. The first-order valence-electron chi connectivity index (χ1n) is 21.6. The molecule has 3 aromatic carbocycles. The minimum Gasteiger partial charge on any atom is -0.453 e. The number of alkyl carbamates (subject to hydrolysis) is 1. The number of fused-ring (bicyclic) bond motifs is 6. The zero-order valence-corrected chi connectivity index (χ0v) is 35.1. The number of aromatic nitrogens is 4. The van der Waals surface area contributed by atoms with Gasteiger partial charge in [0.05, 0.1) is 48.2 Å². The number of piperidine rings is 1. The maximum absolute atomic E-state index is 16.6. The smallest absolute Gasteiger partial charge is 0.407 e. The molecule has 2 saturated carbocycles. The van der Waals surface area contributed by atoms with Crippen molar-refractivity contribution < 1.29 is 27.9 Å². The van der Waals surface area contributed by atoms with Gasteiger partial charge in [-0.1, -0.05) is 58.0 Å². The fraction of sp³-hybridized carbons (Fsp3) is 0.468. The molecular formula is C47H52F2N8O4. The van der Waals surface area contributed by atoms with Gasteiger partial charge in [0.25, 0.3) is 5.92 Å². The number of carbonyl (C=O) groups is 3. The summed E-state index contributed by atoms with van der Waals surface area (Å²) >= 11 is 0. The molecule has 5 N–H and O–H groups in total. The second-order valence-electron chi connectivity index (χ2n) is 18.9. The van der Waals surface area contributed by atoms with E-state index < -0.39 is 24.1 Å². The van der Waals surface area contributed by atoms with Gasteiger partial charge in [0.2, 0.25) is 11.8 Å². The number of nitrogens with two attached hydrogens (primary N) is 1. The van der Waals surface area contributed by atoms with E-state index in [0.29, 0.717) is 51.7 Å². The van der Waals surface area contributed by atoms with E-state index in [4.69, 9.17) is 20.4 Å². The normalized spacial score (nSPS) is 23.8. The van der Waals surface area contributed by atoms with Crippen molar-refractivity contribution in [2.75, 3.05) is 13.7 Å². The van der Waals surface area contributed by atoms with Gasteiger partial charge in [0.1, 0.15) is 17.7 Å². The number of amides is 3. The molecule has 6 atom stereocenters. The van der Waals surface area contributed by atoms with Crippen molar-refractivity contribution in [3.05, 3.63) is 83.6 Å². The minimum atomic E-state index is -3.25. The van der Waals surface area contributed by atoms with Gasteiger partial charge < -0.3 is 35.6 Å². The Hall–Kier alpha value is -5.63. The van der Waals surface area contributed by atoms with Crippen LogP contribution in [0.25, 0.3) is 44.5 Å². The number of imidazole rings is 2. The maximum atomic E-state index is 16.6. The molecule has 5 aromatic rings. The monoisotopic (exact) mass is 830 g/mol. The number of methoxy groups -OCH3 is 1. The number of halogens is 2. The predicted molar refractivity (Wildman–Crippen MR) is 226 cm³/mol. The first kappa shape index (κ1) is 39.5. The Kier molecular flexibility index (Phi) is 9.21. The number of ether oxygens (including phenoxy) is 1. The average molecular weight is 831 g/mol. The number of carbonyl (C=O) groups excluding carboxylic acids is 3. The number of likely N-dealkylation sites (tertiary alicyclic amines) is 2. The lowest BCUT2D eigenvalue weighted by Crippen LogP contribution is -2.54. The number of nitrogens with one attached hydrogen (secondary N) is 3. The Morgan fingerprint density at radius 2 is 1.57 bits per heavy atom. The molecule has 2 aliphatic heterocycles. The number of H-pyrrole nitrogens is 2. The van der Waals surface area contributed by atoms with Crippen LogP contribution in [-0.4, -0.2) is 79.4 Å². The molecule has 4 heterocycles. The van der Waals surface area contributed by atoms with Crippen LogP contribution in [0.5, 0.6) is 0 Å². The lowest BCUT2D eigenvalue weighted by molar-refractivity contribution is -0.139. The molecule has 2 aromatic heterocycles. The highest BCUT2D eigenvalue weighted by molar-refractivity contribution is 5.89. The van der Waals surface area contributed by atoms with E-state index >= 15 is 8.78 Å². The van der Waals surface area contributed by atoms with Crippen molar-refractivity contribution in [2.45, 2.75) is 102 Å². The zero-order valence-electron chi connectivity index (χ0n) is 35.1. The molecule has 10 rings (SSSR count). The lowest BCUT2D eigenvalue weighted by Gasteiger charge is -2.37. The Morgan fingerprint density at radius 3 is 2.26 bits per heavy atom. The second kappa shape index (κ2) is 14.2. The average Bonchev–Trinajstić information content (AvgIpc) is 3.90. The van der Waals surface area contributed by atoms with Crippen LogP contribution in [0.1, 0.15) is 101 Å². The number of hydrogen-bond acceptors (Lipinski definition) is 7. The summed E-state index contributed by atoms with van der Waals surface area (Å²) in [6, 6.07) is 14.3. The number of aromatic amines is 2. The van der Waals surface area contributed by atoms with Crippen LogP contribution in [-0.2, 0) is 20.2 Å². The highest BCUT2D eigenvalue weighted by Gasteiger charge is 2.55. The SMILES string of the molecule is COC(=O)NC(C(=O)N1C2CCC(C2)C1c1nc2ccc(-c3ccc4c(c3)C(F)(F)c3cc(-c5cnc(C6CC7(CC7)CN6C(=O)C(N)C(C)C)[nH]5)ccc3-4)cc2[nH]1)C(C)C. The molecule has 3 amide bonds. The molecule has 2 bridgehead atoms. The molecule has 5 aliphatic rings. The minimum absolute atomic E-state index is 0.00396. The van der Waals surface area contributed by atoms with Gasteiger partial charge in [-0.3, -0.25) is 9.59 Å². The first-order valence-corrected chi connectivity index (χ1v) is 21.6. The zero-order chi connectivity index (χ0) is 42.7. The van der Waals surface area contributed by atoms with Gasteiger partial charge >= 0.3 is 6.09 Å². The van der Waals surface area contributed by atoms with E-state index in [1.165, 1.54) is 7.11 Å². The number of alkyl halides is 2. The number of nitrogens with zero attached hydrogens (tertiary/aromatic N) is 4. The van der Waals surface area contributed by atoms with Gasteiger partial charge in [-0.2, -0.15) is 8.78 Å². The van der Waals surface area contributed by atoms with E-state index in [1.54, 1.807) is 30.5 Å². The van der Waals surface area contributed by atoms with Gasteiger partial charge in [0, 0.05) is 29.3 Å². The van der Waals surface area contributed by atoms with E-state index in [9.17, 15) is 14.4 Å². The molecule has 3 aliphatic carbocycles. The summed E-state index contributed by atoms with van der Waals surface area (Å²) in [6.07, 6.45) is 6.72. The van der Waals surface area contributed by atoms with Crippen molar-refractivity contribution in [1.29, 1.82) is 0 Å². The number of hydrogen-bond donors (Lipinski definition) is 4. The van der Waals surface area contributed by atoms with Gasteiger partial charge in [0.15, 0.2) is 0 Å². The Morgan fingerprint density at radius 1 is 0.885 bits per heavy atom. The third-order valence-corrected chi connectivity index (χ3v) is 14.3. The summed E-state index contributed by atoms with van der Waals surface area (Å²) in [4.78, 5) is 60.0. The fourth-order valence-electron chi connectivity index (χ4n) is 10.6. The van der Waals surface area contributed by atoms with E-state index in [0.717, 1.165) is 49.6 Å². The van der Waals surface area contributed by atoms with Crippen LogP contribution in [0.2, 0.25) is 0 Å². The lowest BCUT2D eigenvalue weighted by atomic mass is 9.95. The molecule has 0 radical (unpaired) electrons. The van der Waals surface area contributed by atoms with Crippen LogP contribution in [0.3, 0.4) is 0 Å². The molecule has 12 nitrogen and oxygen atoms in total. The van der Waals surface area contributed by atoms with Crippen LogP contribution < -0.4 is 11.1 Å². The van der Waals surface area contributed by atoms with E-state index in [-0.39, 0.29) is 64.2 Å². The van der Waals surface area contributed by atoms with Gasteiger partial charge in [-0.05, 0) is 108 Å². The summed E-state index contributed by atoms with van der Waals surface area (Å²) in [5.74, 6) is -2.06. The molecule has 61 heavy (non-hydrogen) atoms. The molecule has 318 valence electrons. The van der Waals surface area contributed by atoms with Crippen LogP contribution in [0.15, 0.2) is 60.8 Å². The largest absolute Gasteiger partial charge is 0.453 e. The predicted octanol–water partition coefficient (Wildman–Crippen LogP) is 8.21. The van der Waals surface area contributed by atoms with Crippen molar-refractivity contribution in [1.82, 2.24) is 35.1 Å². The highest BCUT2D eigenvalue weighted by Crippen LogP contribution is 2.59. The fourth-order valence-corrected chi connectivity index (χ4v) is 10.6.